The molecule has 0 aliphatic rings. The molecule has 2 aromatic carbocycles. The van der Waals surface area contributed by atoms with Gasteiger partial charge in [-0.3, -0.25) is 9.52 Å². The van der Waals surface area contributed by atoms with Gasteiger partial charge >= 0.3 is 0 Å². The van der Waals surface area contributed by atoms with Crippen molar-refractivity contribution in [1.82, 2.24) is 5.32 Å². The molecule has 0 unspecified atom stereocenters. The number of hydrogen-bond acceptors (Lipinski definition) is 3. The smallest absolute Gasteiger partial charge is 0.251 e. The van der Waals surface area contributed by atoms with E-state index in [1.807, 2.05) is 0 Å². The van der Waals surface area contributed by atoms with Crippen LogP contribution in [0.25, 0.3) is 0 Å². The van der Waals surface area contributed by atoms with E-state index < -0.39 is 10.0 Å². The van der Waals surface area contributed by atoms with Crippen LogP contribution in [0.1, 0.15) is 28.9 Å². The molecule has 0 aliphatic carbocycles. The molecule has 0 bridgehead atoms. The van der Waals surface area contributed by atoms with Crippen LogP contribution in [-0.2, 0) is 10.0 Å². The van der Waals surface area contributed by atoms with Crippen LogP contribution in [-0.4, -0.2) is 20.6 Å². The third-order valence-electron chi connectivity index (χ3n) is 3.20. The molecule has 0 aromatic heterocycles. The molecule has 2 aromatic rings. The van der Waals surface area contributed by atoms with Gasteiger partial charge in [-0.05, 0) is 42.8 Å². The molecule has 1 atom stereocenters. The Morgan fingerprint density at radius 3 is 2.46 bits per heavy atom. The van der Waals surface area contributed by atoms with E-state index >= 15 is 0 Å². The molecule has 0 radical (unpaired) electrons. The standard InChI is InChI=1S/C16H16Cl2N2O3S/c1-10(14-7-6-12(17)9-15(14)18)19-16(21)11-4-3-5-13(8-11)20-24(2,22)23/h3-10,20H,1-2H3,(H,19,21)/t10-/m1/s1. The summed E-state index contributed by atoms with van der Waals surface area (Å²) in [6, 6.07) is 10.9. The summed E-state index contributed by atoms with van der Waals surface area (Å²) in [7, 11) is -3.41. The minimum Gasteiger partial charge on any atom is -0.345 e. The Balaban J connectivity index is 2.16. The van der Waals surface area contributed by atoms with Gasteiger partial charge in [0.1, 0.15) is 0 Å². The molecule has 0 fully saturated rings. The van der Waals surface area contributed by atoms with Crippen LogP contribution in [0.15, 0.2) is 42.5 Å². The van der Waals surface area contributed by atoms with E-state index in [2.05, 4.69) is 10.0 Å². The van der Waals surface area contributed by atoms with Crippen molar-refractivity contribution in [2.75, 3.05) is 11.0 Å². The van der Waals surface area contributed by atoms with Crippen molar-refractivity contribution < 1.29 is 13.2 Å². The van der Waals surface area contributed by atoms with Crippen LogP contribution >= 0.6 is 23.2 Å². The van der Waals surface area contributed by atoms with Gasteiger partial charge in [0.2, 0.25) is 10.0 Å². The molecule has 2 N–H and O–H groups in total. The SMILES string of the molecule is C[C@@H](NC(=O)c1cccc(NS(C)(=O)=O)c1)c1ccc(Cl)cc1Cl. The van der Waals surface area contributed by atoms with Crippen LogP contribution < -0.4 is 10.0 Å². The molecule has 2 rings (SSSR count). The van der Waals surface area contributed by atoms with E-state index in [1.54, 1.807) is 43.3 Å². The van der Waals surface area contributed by atoms with Gasteiger partial charge in [0.15, 0.2) is 0 Å². The monoisotopic (exact) mass is 386 g/mol. The van der Waals surface area contributed by atoms with Crippen molar-refractivity contribution in [3.05, 3.63) is 63.6 Å². The van der Waals surface area contributed by atoms with Gasteiger partial charge in [0.25, 0.3) is 5.91 Å². The summed E-state index contributed by atoms with van der Waals surface area (Å²) in [5, 5.41) is 3.80. The predicted molar refractivity (Wildman–Crippen MR) is 97.3 cm³/mol. The van der Waals surface area contributed by atoms with E-state index in [-0.39, 0.29) is 11.9 Å². The first-order valence-electron chi connectivity index (χ1n) is 6.99. The molecule has 0 heterocycles. The second-order valence-electron chi connectivity index (χ2n) is 5.32. The summed E-state index contributed by atoms with van der Waals surface area (Å²) < 4.78 is 24.9. The second-order valence-corrected chi connectivity index (χ2v) is 7.91. The quantitative estimate of drug-likeness (QED) is 0.818. The molecular formula is C16H16Cl2N2O3S. The van der Waals surface area contributed by atoms with Gasteiger partial charge < -0.3 is 5.32 Å². The normalized spacial score (nSPS) is 12.5. The van der Waals surface area contributed by atoms with Crippen LogP contribution in [0.5, 0.6) is 0 Å². The van der Waals surface area contributed by atoms with Gasteiger partial charge in [-0.15, -0.1) is 0 Å². The van der Waals surface area contributed by atoms with Gasteiger partial charge in [-0.25, -0.2) is 8.42 Å². The van der Waals surface area contributed by atoms with E-state index in [0.717, 1.165) is 11.8 Å². The van der Waals surface area contributed by atoms with Crippen LogP contribution in [0.4, 0.5) is 5.69 Å². The Morgan fingerprint density at radius 1 is 1.12 bits per heavy atom. The Morgan fingerprint density at radius 2 is 1.83 bits per heavy atom. The molecule has 8 heteroatoms. The maximum atomic E-state index is 12.4. The molecule has 128 valence electrons. The highest BCUT2D eigenvalue weighted by Crippen LogP contribution is 2.26. The average Bonchev–Trinajstić information content (AvgIpc) is 2.45. The van der Waals surface area contributed by atoms with Gasteiger partial charge in [0, 0.05) is 21.3 Å². The summed E-state index contributed by atoms with van der Waals surface area (Å²) in [6.45, 7) is 1.80. The molecule has 0 spiro atoms. The minimum atomic E-state index is -3.41. The largest absolute Gasteiger partial charge is 0.345 e. The van der Waals surface area contributed by atoms with Crippen molar-refractivity contribution in [3.63, 3.8) is 0 Å². The van der Waals surface area contributed by atoms with E-state index in [1.165, 1.54) is 6.07 Å². The summed E-state index contributed by atoms with van der Waals surface area (Å²) >= 11 is 12.0. The maximum Gasteiger partial charge on any atom is 0.251 e. The number of anilines is 1. The fourth-order valence-electron chi connectivity index (χ4n) is 2.15. The molecule has 24 heavy (non-hydrogen) atoms. The lowest BCUT2D eigenvalue weighted by molar-refractivity contribution is 0.0940. The fourth-order valence-corrected chi connectivity index (χ4v) is 3.28. The van der Waals surface area contributed by atoms with Crippen LogP contribution in [0.3, 0.4) is 0 Å². The number of amides is 1. The summed E-state index contributed by atoms with van der Waals surface area (Å²) in [4.78, 5) is 12.4. The fraction of sp³-hybridized carbons (Fsp3) is 0.188. The highest BCUT2D eigenvalue weighted by Gasteiger charge is 2.15. The van der Waals surface area contributed by atoms with Gasteiger partial charge in [-0.1, -0.05) is 35.3 Å². The number of sulfonamides is 1. The zero-order chi connectivity index (χ0) is 17.9. The third kappa shape index (κ3) is 5.12. The number of nitrogens with one attached hydrogen (secondary N) is 2. The Kier molecular flexibility index (Phi) is 5.74. The van der Waals surface area contributed by atoms with E-state index in [0.29, 0.717) is 21.3 Å². The molecule has 1 amide bonds. The van der Waals surface area contributed by atoms with Crippen LogP contribution in [0, 0.1) is 0 Å². The first-order chi connectivity index (χ1) is 11.2. The number of carbonyl (C=O) groups excluding carboxylic acids is 1. The maximum absolute atomic E-state index is 12.4. The Hall–Kier alpha value is -1.76. The zero-order valence-electron chi connectivity index (χ0n) is 13.0. The lowest BCUT2D eigenvalue weighted by Gasteiger charge is -2.16. The molecule has 0 saturated carbocycles. The predicted octanol–water partition coefficient (Wildman–Crippen LogP) is 3.86. The number of carbonyl (C=O) groups is 1. The van der Waals surface area contributed by atoms with Crippen molar-refractivity contribution in [1.29, 1.82) is 0 Å². The Bertz CT molecular complexity index is 869. The van der Waals surface area contributed by atoms with Crippen molar-refractivity contribution in [2.24, 2.45) is 0 Å². The summed E-state index contributed by atoms with van der Waals surface area (Å²) in [5.74, 6) is -0.342. The van der Waals surface area contributed by atoms with Crippen molar-refractivity contribution >= 4 is 44.8 Å². The lowest BCUT2D eigenvalue weighted by Crippen LogP contribution is -2.27. The van der Waals surface area contributed by atoms with Crippen molar-refractivity contribution in [3.8, 4) is 0 Å². The van der Waals surface area contributed by atoms with E-state index in [9.17, 15) is 13.2 Å². The van der Waals surface area contributed by atoms with E-state index in [4.69, 9.17) is 23.2 Å². The number of hydrogen-bond donors (Lipinski definition) is 2. The first kappa shape index (κ1) is 18.6. The number of benzene rings is 2. The van der Waals surface area contributed by atoms with Crippen molar-refractivity contribution in [2.45, 2.75) is 13.0 Å². The summed E-state index contributed by atoms with van der Waals surface area (Å²) in [6.07, 6.45) is 1.05. The van der Waals surface area contributed by atoms with Crippen LogP contribution in [0.2, 0.25) is 10.0 Å². The zero-order valence-corrected chi connectivity index (χ0v) is 15.3. The number of rotatable bonds is 5. The lowest BCUT2D eigenvalue weighted by atomic mass is 10.1. The topological polar surface area (TPSA) is 75.3 Å². The third-order valence-corrected chi connectivity index (χ3v) is 4.37. The molecule has 0 aliphatic heterocycles. The average molecular weight is 387 g/mol. The van der Waals surface area contributed by atoms with Gasteiger partial charge in [-0.2, -0.15) is 0 Å². The first-order valence-corrected chi connectivity index (χ1v) is 9.64. The highest BCUT2D eigenvalue weighted by atomic mass is 35.5. The highest BCUT2D eigenvalue weighted by molar-refractivity contribution is 7.92. The molecule has 5 nitrogen and oxygen atoms in total. The van der Waals surface area contributed by atoms with Gasteiger partial charge in [0.05, 0.1) is 12.3 Å². The summed E-state index contributed by atoms with van der Waals surface area (Å²) in [5.41, 5.74) is 1.39. The Labute approximate surface area is 151 Å². The minimum absolute atomic E-state index is 0.322. The molecule has 0 saturated heterocycles. The second kappa shape index (κ2) is 7.42. The number of halogens is 2. The molecular weight excluding hydrogens is 371 g/mol.